The van der Waals surface area contributed by atoms with Crippen LogP contribution in [-0.4, -0.2) is 35.6 Å². The Labute approximate surface area is 189 Å². The van der Waals surface area contributed by atoms with Crippen LogP contribution < -0.4 is 25.7 Å². The van der Waals surface area contributed by atoms with Gasteiger partial charge < -0.3 is 20.1 Å². The molecular formula is C22H23ClN4O5. The van der Waals surface area contributed by atoms with Crippen molar-refractivity contribution in [3.8, 4) is 11.5 Å². The van der Waals surface area contributed by atoms with Crippen LogP contribution in [0, 0.1) is 0 Å². The molecule has 1 aromatic heterocycles. The fraction of sp³-hybridized carbons (Fsp3) is 0.273. The van der Waals surface area contributed by atoms with Gasteiger partial charge in [-0.1, -0.05) is 11.6 Å². The lowest BCUT2D eigenvalue weighted by Gasteiger charge is -2.11. The van der Waals surface area contributed by atoms with Crippen molar-refractivity contribution in [2.45, 2.75) is 26.3 Å². The molecule has 32 heavy (non-hydrogen) atoms. The summed E-state index contributed by atoms with van der Waals surface area (Å²) < 4.78 is 12.0. The van der Waals surface area contributed by atoms with Crippen LogP contribution in [0.1, 0.15) is 19.8 Å². The molecule has 2 aromatic carbocycles. The van der Waals surface area contributed by atoms with E-state index < -0.39 is 0 Å². The van der Waals surface area contributed by atoms with Gasteiger partial charge in [-0.05, 0) is 30.7 Å². The van der Waals surface area contributed by atoms with Gasteiger partial charge >= 0.3 is 0 Å². The van der Waals surface area contributed by atoms with Gasteiger partial charge in [-0.25, -0.2) is 4.98 Å². The number of hydrogen-bond donors (Lipinski definition) is 2. The number of carbonyl (C=O) groups excluding carboxylic acids is 2. The van der Waals surface area contributed by atoms with Crippen molar-refractivity contribution in [1.29, 1.82) is 0 Å². The molecule has 0 aliphatic carbocycles. The number of hydrogen-bond acceptors (Lipinski definition) is 6. The molecule has 0 bridgehead atoms. The number of nitrogens with zero attached hydrogens (tertiary/aromatic N) is 2. The molecule has 3 rings (SSSR count). The van der Waals surface area contributed by atoms with Crippen molar-refractivity contribution in [3.05, 3.63) is 52.0 Å². The first kappa shape index (κ1) is 23.1. The first-order chi connectivity index (χ1) is 15.3. The summed E-state index contributed by atoms with van der Waals surface area (Å²) in [6, 6.07) is 8.06. The van der Waals surface area contributed by atoms with E-state index in [-0.39, 0.29) is 23.8 Å². The minimum Gasteiger partial charge on any atom is -0.493 e. The number of carbonyl (C=O) groups is 2. The van der Waals surface area contributed by atoms with E-state index in [1.807, 2.05) is 0 Å². The van der Waals surface area contributed by atoms with E-state index in [2.05, 4.69) is 15.6 Å². The third-order valence-corrected chi connectivity index (χ3v) is 5.01. The average molecular weight is 459 g/mol. The van der Waals surface area contributed by atoms with Gasteiger partial charge in [0.05, 0.1) is 42.2 Å². The largest absolute Gasteiger partial charge is 0.493 e. The molecule has 2 N–H and O–H groups in total. The van der Waals surface area contributed by atoms with Crippen LogP contribution in [0.4, 0.5) is 11.4 Å². The van der Waals surface area contributed by atoms with Crippen LogP contribution in [0.25, 0.3) is 10.9 Å². The number of fused-ring (bicyclic) bond motifs is 1. The summed E-state index contributed by atoms with van der Waals surface area (Å²) in [5, 5.41) is 6.07. The molecule has 168 valence electrons. The predicted molar refractivity (Wildman–Crippen MR) is 123 cm³/mol. The van der Waals surface area contributed by atoms with Crippen LogP contribution in [0.5, 0.6) is 11.5 Å². The summed E-state index contributed by atoms with van der Waals surface area (Å²) in [4.78, 5) is 40.5. The number of amides is 2. The highest BCUT2D eigenvalue weighted by molar-refractivity contribution is 6.34. The van der Waals surface area contributed by atoms with Gasteiger partial charge in [0.2, 0.25) is 11.8 Å². The Morgan fingerprint density at radius 3 is 2.47 bits per heavy atom. The van der Waals surface area contributed by atoms with Crippen LogP contribution in [0.2, 0.25) is 5.02 Å². The van der Waals surface area contributed by atoms with Gasteiger partial charge in [0.15, 0.2) is 11.5 Å². The zero-order valence-electron chi connectivity index (χ0n) is 17.9. The minimum absolute atomic E-state index is 0.181. The molecule has 0 atom stereocenters. The van der Waals surface area contributed by atoms with Gasteiger partial charge in [-0.3, -0.25) is 19.0 Å². The molecule has 0 saturated carbocycles. The lowest BCUT2D eigenvalue weighted by atomic mass is 10.2. The van der Waals surface area contributed by atoms with E-state index in [1.54, 1.807) is 30.3 Å². The van der Waals surface area contributed by atoms with E-state index in [9.17, 15) is 14.4 Å². The summed E-state index contributed by atoms with van der Waals surface area (Å²) in [5.41, 5.74) is 1.25. The highest BCUT2D eigenvalue weighted by Crippen LogP contribution is 2.30. The lowest BCUT2D eigenvalue weighted by Crippen LogP contribution is -2.22. The molecule has 0 radical (unpaired) electrons. The maximum atomic E-state index is 12.8. The fourth-order valence-electron chi connectivity index (χ4n) is 3.16. The van der Waals surface area contributed by atoms with Crippen LogP contribution >= 0.6 is 11.6 Å². The SMILES string of the molecule is COc1cc2ncn(CCCC(=O)Nc3ccc(NC(C)=O)cc3Cl)c(=O)c2cc1OC. The summed E-state index contributed by atoms with van der Waals surface area (Å²) in [7, 11) is 3.01. The third kappa shape index (κ3) is 5.36. The highest BCUT2D eigenvalue weighted by Gasteiger charge is 2.12. The summed E-state index contributed by atoms with van der Waals surface area (Å²) >= 11 is 6.17. The number of ether oxygens (including phenoxy) is 2. The number of rotatable bonds is 8. The van der Waals surface area contributed by atoms with E-state index in [0.29, 0.717) is 51.8 Å². The molecule has 0 aliphatic rings. The van der Waals surface area contributed by atoms with Gasteiger partial charge in [-0.2, -0.15) is 0 Å². The Balaban J connectivity index is 1.63. The zero-order chi connectivity index (χ0) is 23.3. The molecule has 0 fully saturated rings. The van der Waals surface area contributed by atoms with E-state index in [4.69, 9.17) is 21.1 Å². The molecule has 10 heteroatoms. The van der Waals surface area contributed by atoms with Crippen LogP contribution in [0.15, 0.2) is 41.5 Å². The second-order valence-electron chi connectivity index (χ2n) is 6.99. The van der Waals surface area contributed by atoms with Crippen molar-refractivity contribution in [2.75, 3.05) is 24.9 Å². The molecule has 0 aliphatic heterocycles. The zero-order valence-corrected chi connectivity index (χ0v) is 18.7. The Kier molecular flexibility index (Phi) is 7.32. The Bertz CT molecular complexity index is 1220. The third-order valence-electron chi connectivity index (χ3n) is 4.70. The quantitative estimate of drug-likeness (QED) is 0.534. The predicted octanol–water partition coefficient (Wildman–Crippen LogP) is 3.44. The standard InChI is InChI=1S/C22H23ClN4O5/c1-13(28)25-14-6-7-17(16(23)9-14)26-21(29)5-4-8-27-12-24-18-11-20(32-3)19(31-2)10-15(18)22(27)30/h6-7,9-12H,4-5,8H2,1-3H3,(H,25,28)(H,26,29). The Morgan fingerprint density at radius 1 is 1.09 bits per heavy atom. The van der Waals surface area contributed by atoms with Gasteiger partial charge in [0, 0.05) is 31.6 Å². The second-order valence-corrected chi connectivity index (χ2v) is 7.40. The molecule has 9 nitrogen and oxygen atoms in total. The van der Waals surface area contributed by atoms with Crippen molar-refractivity contribution < 1.29 is 19.1 Å². The van der Waals surface area contributed by atoms with E-state index in [0.717, 1.165) is 0 Å². The minimum atomic E-state index is -0.243. The molecule has 2 amide bonds. The molecule has 3 aromatic rings. The highest BCUT2D eigenvalue weighted by atomic mass is 35.5. The van der Waals surface area contributed by atoms with Crippen LogP contribution in [0.3, 0.4) is 0 Å². The van der Waals surface area contributed by atoms with Gasteiger partial charge in [0.25, 0.3) is 5.56 Å². The number of aryl methyl sites for hydroxylation is 1. The normalized spacial score (nSPS) is 10.6. The summed E-state index contributed by atoms with van der Waals surface area (Å²) in [6.07, 6.45) is 2.06. The molecular weight excluding hydrogens is 436 g/mol. The van der Waals surface area contributed by atoms with Crippen molar-refractivity contribution >= 4 is 45.7 Å². The van der Waals surface area contributed by atoms with E-state index in [1.165, 1.54) is 32.0 Å². The molecule has 1 heterocycles. The number of benzene rings is 2. The number of aromatic nitrogens is 2. The summed E-state index contributed by atoms with van der Waals surface area (Å²) in [6.45, 7) is 1.71. The maximum absolute atomic E-state index is 12.8. The van der Waals surface area contributed by atoms with Gasteiger partial charge in [0.1, 0.15) is 0 Å². The monoisotopic (exact) mass is 458 g/mol. The van der Waals surface area contributed by atoms with E-state index >= 15 is 0 Å². The Hall–Kier alpha value is -3.59. The Morgan fingerprint density at radius 2 is 1.81 bits per heavy atom. The van der Waals surface area contributed by atoms with Gasteiger partial charge in [-0.15, -0.1) is 0 Å². The van der Waals surface area contributed by atoms with Crippen molar-refractivity contribution in [2.24, 2.45) is 0 Å². The number of halogens is 1. The average Bonchev–Trinajstić information content (AvgIpc) is 2.76. The maximum Gasteiger partial charge on any atom is 0.261 e. The number of methoxy groups -OCH3 is 2. The van der Waals surface area contributed by atoms with Crippen LogP contribution in [-0.2, 0) is 16.1 Å². The topological polar surface area (TPSA) is 112 Å². The van der Waals surface area contributed by atoms with Crippen molar-refractivity contribution in [3.63, 3.8) is 0 Å². The van der Waals surface area contributed by atoms with Crippen molar-refractivity contribution in [1.82, 2.24) is 9.55 Å². The fourth-order valence-corrected chi connectivity index (χ4v) is 3.39. The number of anilines is 2. The number of nitrogens with one attached hydrogen (secondary N) is 2. The first-order valence-electron chi connectivity index (χ1n) is 9.80. The summed E-state index contributed by atoms with van der Waals surface area (Å²) in [5.74, 6) is 0.476. The molecule has 0 saturated heterocycles. The second kappa shape index (κ2) is 10.1. The molecule has 0 spiro atoms. The first-order valence-corrected chi connectivity index (χ1v) is 10.2. The molecule has 0 unspecified atom stereocenters. The smallest absolute Gasteiger partial charge is 0.261 e. The lowest BCUT2D eigenvalue weighted by molar-refractivity contribution is -0.116.